The van der Waals surface area contributed by atoms with Crippen LogP contribution in [0.15, 0.2) is 29.2 Å². The van der Waals surface area contributed by atoms with E-state index in [1.807, 2.05) is 13.8 Å². The highest BCUT2D eigenvalue weighted by molar-refractivity contribution is 7.89. The van der Waals surface area contributed by atoms with E-state index >= 15 is 0 Å². The van der Waals surface area contributed by atoms with Gasteiger partial charge in [-0.2, -0.15) is 5.21 Å². The van der Waals surface area contributed by atoms with Crippen LogP contribution in [0, 0.1) is 0 Å². The summed E-state index contributed by atoms with van der Waals surface area (Å²) in [5.41, 5.74) is 0. The molecule has 2 rings (SSSR count). The normalized spacial score (nSPS) is 11.8. The lowest BCUT2D eigenvalue weighted by atomic mass is 10.3. The highest BCUT2D eigenvalue weighted by Gasteiger charge is 2.14. The van der Waals surface area contributed by atoms with Gasteiger partial charge in [-0.1, -0.05) is 5.21 Å². The van der Waals surface area contributed by atoms with E-state index in [2.05, 4.69) is 25.3 Å². The molecule has 0 aliphatic heterocycles. The van der Waals surface area contributed by atoms with Crippen LogP contribution in [0.5, 0.6) is 5.75 Å². The van der Waals surface area contributed by atoms with E-state index in [0.29, 0.717) is 5.75 Å². The van der Waals surface area contributed by atoms with Crippen molar-refractivity contribution in [2.24, 2.45) is 0 Å². The number of tetrazole rings is 1. The van der Waals surface area contributed by atoms with Gasteiger partial charge >= 0.3 is 0 Å². The first kappa shape index (κ1) is 14.4. The molecule has 0 unspecified atom stereocenters. The number of ether oxygens (including phenoxy) is 1. The summed E-state index contributed by atoms with van der Waals surface area (Å²) in [5, 5.41) is 12.9. The molecule has 1 aromatic heterocycles. The molecule has 20 heavy (non-hydrogen) atoms. The van der Waals surface area contributed by atoms with E-state index in [1.54, 1.807) is 12.1 Å². The molecule has 0 fully saturated rings. The van der Waals surface area contributed by atoms with Crippen molar-refractivity contribution >= 4 is 10.0 Å². The molecule has 0 aliphatic rings. The molecule has 8 nitrogen and oxygen atoms in total. The Morgan fingerprint density at radius 1 is 1.30 bits per heavy atom. The Morgan fingerprint density at radius 3 is 2.55 bits per heavy atom. The topological polar surface area (TPSA) is 110 Å². The van der Waals surface area contributed by atoms with Crippen LogP contribution in [0.1, 0.15) is 19.7 Å². The van der Waals surface area contributed by atoms with Crippen LogP contribution in [-0.4, -0.2) is 35.1 Å². The number of rotatable bonds is 6. The van der Waals surface area contributed by atoms with Crippen LogP contribution in [0.2, 0.25) is 0 Å². The summed E-state index contributed by atoms with van der Waals surface area (Å²) >= 11 is 0. The lowest BCUT2D eigenvalue weighted by Gasteiger charge is -2.10. The van der Waals surface area contributed by atoms with E-state index in [4.69, 9.17) is 4.74 Å². The lowest BCUT2D eigenvalue weighted by Crippen LogP contribution is -2.23. The van der Waals surface area contributed by atoms with Crippen molar-refractivity contribution in [2.75, 3.05) is 0 Å². The van der Waals surface area contributed by atoms with Crippen LogP contribution in [-0.2, 0) is 16.6 Å². The molecule has 0 atom stereocenters. The van der Waals surface area contributed by atoms with E-state index in [-0.39, 0.29) is 23.4 Å². The van der Waals surface area contributed by atoms with Gasteiger partial charge in [-0.05, 0) is 38.1 Å². The standard InChI is InChI=1S/C11H15N5O3S/c1-8(2)19-9-3-5-10(6-4-9)20(17,18)12-7-11-13-15-16-14-11/h3-6,8,12H,7H2,1-2H3,(H,13,14,15,16). The Kier molecular flexibility index (Phi) is 4.30. The molecule has 0 aliphatic carbocycles. The fourth-order valence-electron chi connectivity index (χ4n) is 1.47. The van der Waals surface area contributed by atoms with Crippen molar-refractivity contribution in [3.05, 3.63) is 30.1 Å². The van der Waals surface area contributed by atoms with Crippen LogP contribution in [0.25, 0.3) is 0 Å². The summed E-state index contributed by atoms with van der Waals surface area (Å²) < 4.78 is 31.9. The number of nitrogens with one attached hydrogen (secondary N) is 2. The van der Waals surface area contributed by atoms with Crippen molar-refractivity contribution in [3.8, 4) is 5.75 Å². The smallest absolute Gasteiger partial charge is 0.240 e. The molecule has 0 radical (unpaired) electrons. The first-order valence-corrected chi connectivity index (χ1v) is 7.44. The summed E-state index contributed by atoms with van der Waals surface area (Å²) in [6, 6.07) is 6.19. The zero-order valence-corrected chi connectivity index (χ0v) is 11.9. The van der Waals surface area contributed by atoms with Crippen LogP contribution in [0.4, 0.5) is 0 Å². The summed E-state index contributed by atoms with van der Waals surface area (Å²) in [6.45, 7) is 3.78. The summed E-state index contributed by atoms with van der Waals surface area (Å²) in [7, 11) is -3.61. The lowest BCUT2D eigenvalue weighted by molar-refractivity contribution is 0.242. The van der Waals surface area contributed by atoms with Crippen molar-refractivity contribution in [2.45, 2.75) is 31.4 Å². The quantitative estimate of drug-likeness (QED) is 0.801. The van der Waals surface area contributed by atoms with E-state index in [0.717, 1.165) is 0 Å². The first-order chi connectivity index (χ1) is 9.47. The molecular formula is C11H15N5O3S. The molecule has 0 spiro atoms. The zero-order chi connectivity index (χ0) is 14.6. The van der Waals surface area contributed by atoms with E-state index in [1.165, 1.54) is 12.1 Å². The molecule has 0 saturated carbocycles. The minimum atomic E-state index is -3.61. The predicted octanol–water partition coefficient (Wildman–Crippen LogP) is 0.465. The van der Waals surface area contributed by atoms with Crippen molar-refractivity contribution in [1.82, 2.24) is 25.3 Å². The Hall–Kier alpha value is -2.00. The maximum absolute atomic E-state index is 12.0. The van der Waals surface area contributed by atoms with Gasteiger partial charge < -0.3 is 4.74 Å². The highest BCUT2D eigenvalue weighted by Crippen LogP contribution is 2.17. The number of hydrogen-bond donors (Lipinski definition) is 2. The van der Waals surface area contributed by atoms with Gasteiger partial charge in [0.1, 0.15) is 5.75 Å². The third kappa shape index (κ3) is 3.75. The Morgan fingerprint density at radius 2 is 2.00 bits per heavy atom. The fourth-order valence-corrected chi connectivity index (χ4v) is 2.45. The summed E-state index contributed by atoms with van der Waals surface area (Å²) in [5.74, 6) is 0.894. The number of H-pyrrole nitrogens is 1. The maximum Gasteiger partial charge on any atom is 0.240 e. The Labute approximate surface area is 116 Å². The second-order valence-corrected chi connectivity index (χ2v) is 6.06. The van der Waals surface area contributed by atoms with Gasteiger partial charge in [-0.3, -0.25) is 0 Å². The van der Waals surface area contributed by atoms with Gasteiger partial charge in [0.2, 0.25) is 10.0 Å². The van der Waals surface area contributed by atoms with E-state index < -0.39 is 10.0 Å². The zero-order valence-electron chi connectivity index (χ0n) is 11.1. The average molecular weight is 297 g/mol. The van der Waals surface area contributed by atoms with Gasteiger partial charge in [0.05, 0.1) is 17.5 Å². The molecule has 1 aromatic carbocycles. The third-order valence-corrected chi connectivity index (χ3v) is 3.73. The fraction of sp³-hybridized carbons (Fsp3) is 0.364. The molecule has 2 N–H and O–H groups in total. The molecular weight excluding hydrogens is 282 g/mol. The molecule has 9 heteroatoms. The molecule has 108 valence electrons. The van der Waals surface area contributed by atoms with E-state index in [9.17, 15) is 8.42 Å². The van der Waals surface area contributed by atoms with Gasteiger partial charge in [-0.15, -0.1) is 10.2 Å². The van der Waals surface area contributed by atoms with Crippen molar-refractivity contribution < 1.29 is 13.2 Å². The van der Waals surface area contributed by atoms with Gasteiger partial charge in [0.15, 0.2) is 5.82 Å². The number of sulfonamides is 1. The summed E-state index contributed by atoms with van der Waals surface area (Å²) in [6.07, 6.45) is 0.0359. The second kappa shape index (κ2) is 5.97. The molecule has 0 saturated heterocycles. The number of aromatic amines is 1. The number of nitrogens with zero attached hydrogens (tertiary/aromatic N) is 3. The largest absolute Gasteiger partial charge is 0.491 e. The second-order valence-electron chi connectivity index (χ2n) is 4.29. The van der Waals surface area contributed by atoms with Gasteiger partial charge in [0, 0.05) is 0 Å². The predicted molar refractivity (Wildman–Crippen MR) is 70.4 cm³/mol. The third-order valence-electron chi connectivity index (χ3n) is 2.32. The van der Waals surface area contributed by atoms with Crippen molar-refractivity contribution in [1.29, 1.82) is 0 Å². The number of benzene rings is 1. The van der Waals surface area contributed by atoms with Gasteiger partial charge in [-0.25, -0.2) is 13.1 Å². The Bertz CT molecular complexity index is 637. The van der Waals surface area contributed by atoms with Gasteiger partial charge in [0.25, 0.3) is 0 Å². The SMILES string of the molecule is CC(C)Oc1ccc(S(=O)(=O)NCc2nn[nH]n2)cc1. The van der Waals surface area contributed by atoms with Crippen LogP contribution in [0.3, 0.4) is 0 Å². The molecule has 0 amide bonds. The minimum absolute atomic E-state index is 0.0247. The molecule has 0 bridgehead atoms. The highest BCUT2D eigenvalue weighted by atomic mass is 32.2. The average Bonchev–Trinajstić information content (AvgIpc) is 2.89. The Balaban J connectivity index is 2.05. The van der Waals surface area contributed by atoms with Crippen molar-refractivity contribution in [3.63, 3.8) is 0 Å². The maximum atomic E-state index is 12.0. The van der Waals surface area contributed by atoms with Crippen LogP contribution < -0.4 is 9.46 Å². The molecule has 2 aromatic rings. The first-order valence-electron chi connectivity index (χ1n) is 5.96. The number of aromatic nitrogens is 4. The minimum Gasteiger partial charge on any atom is -0.491 e. The summed E-state index contributed by atoms with van der Waals surface area (Å²) in [4.78, 5) is 0.150. The van der Waals surface area contributed by atoms with Crippen LogP contribution >= 0.6 is 0 Å². The number of hydrogen-bond acceptors (Lipinski definition) is 6. The molecule has 1 heterocycles. The monoisotopic (exact) mass is 297 g/mol.